The Kier molecular flexibility index (Phi) is 6.03. The summed E-state index contributed by atoms with van der Waals surface area (Å²) in [5.74, 6) is 0.331. The van der Waals surface area contributed by atoms with Gasteiger partial charge in [0.25, 0.3) is 0 Å². The molecule has 2 saturated heterocycles. The van der Waals surface area contributed by atoms with Crippen LogP contribution in [0.15, 0.2) is 71.9 Å². The Bertz CT molecular complexity index is 1240. The minimum absolute atomic E-state index is 0.0922. The van der Waals surface area contributed by atoms with Crippen LogP contribution in [0, 0.1) is 5.92 Å². The molecule has 2 fully saturated rings. The lowest BCUT2D eigenvalue weighted by Gasteiger charge is -2.38. The quantitative estimate of drug-likeness (QED) is 0.580. The van der Waals surface area contributed by atoms with E-state index in [4.69, 9.17) is 0 Å². The van der Waals surface area contributed by atoms with Gasteiger partial charge in [-0.05, 0) is 53.8 Å². The molecule has 172 valence electrons. The standard InChI is InChI=1S/C25H28N4O3S/c30-25-19-29(33(31,32)24-6-5-21-3-1-2-4-22(21)17-24)16-15-28(25)18-20-9-13-27(14-10-20)23-7-11-26-12-8-23/h1-8,11-12,17,20H,9-10,13-16,18-19H2. The van der Waals surface area contributed by atoms with E-state index in [1.54, 1.807) is 12.1 Å². The summed E-state index contributed by atoms with van der Waals surface area (Å²) in [7, 11) is -3.71. The number of rotatable bonds is 5. The van der Waals surface area contributed by atoms with E-state index in [-0.39, 0.29) is 17.3 Å². The first-order valence-electron chi connectivity index (χ1n) is 11.4. The summed E-state index contributed by atoms with van der Waals surface area (Å²) in [5, 5.41) is 1.87. The fraction of sp³-hybridized carbons (Fsp3) is 0.360. The Hall–Kier alpha value is -2.97. The van der Waals surface area contributed by atoms with Gasteiger partial charge in [-0.2, -0.15) is 4.31 Å². The van der Waals surface area contributed by atoms with E-state index in [1.165, 1.54) is 9.99 Å². The van der Waals surface area contributed by atoms with E-state index >= 15 is 0 Å². The van der Waals surface area contributed by atoms with Crippen molar-refractivity contribution in [3.05, 3.63) is 67.0 Å². The molecule has 2 aromatic carbocycles. The third kappa shape index (κ3) is 4.58. The van der Waals surface area contributed by atoms with E-state index < -0.39 is 10.0 Å². The number of hydrogen-bond donors (Lipinski definition) is 0. The van der Waals surface area contributed by atoms with Crippen LogP contribution in [0.25, 0.3) is 10.8 Å². The zero-order valence-electron chi connectivity index (χ0n) is 18.5. The van der Waals surface area contributed by atoms with Crippen LogP contribution in [0.1, 0.15) is 12.8 Å². The fourth-order valence-corrected chi connectivity index (χ4v) is 6.22. The Labute approximate surface area is 194 Å². The number of amides is 1. The van der Waals surface area contributed by atoms with Crippen molar-refractivity contribution in [1.82, 2.24) is 14.2 Å². The van der Waals surface area contributed by atoms with Crippen molar-refractivity contribution >= 4 is 32.4 Å². The molecule has 0 N–H and O–H groups in total. The summed E-state index contributed by atoms with van der Waals surface area (Å²) in [6.45, 7) is 3.29. The monoisotopic (exact) mass is 464 g/mol. The number of pyridine rings is 1. The SMILES string of the molecule is O=C1CN(S(=O)(=O)c2ccc3ccccc3c2)CCN1CC1CCN(c2ccncc2)CC1. The van der Waals surface area contributed by atoms with Crippen molar-refractivity contribution in [2.45, 2.75) is 17.7 Å². The number of nitrogens with zero attached hydrogens (tertiary/aromatic N) is 4. The highest BCUT2D eigenvalue weighted by Crippen LogP contribution is 2.26. The van der Waals surface area contributed by atoms with Gasteiger partial charge >= 0.3 is 0 Å². The largest absolute Gasteiger partial charge is 0.371 e. The number of fused-ring (bicyclic) bond motifs is 1. The topological polar surface area (TPSA) is 73.8 Å². The van der Waals surface area contributed by atoms with Crippen LogP contribution in [0.2, 0.25) is 0 Å². The van der Waals surface area contributed by atoms with Crippen LogP contribution in [0.5, 0.6) is 0 Å². The van der Waals surface area contributed by atoms with Crippen LogP contribution in [0.4, 0.5) is 5.69 Å². The number of aromatic nitrogens is 1. The lowest BCUT2D eigenvalue weighted by atomic mass is 9.95. The molecule has 3 aromatic rings. The van der Waals surface area contributed by atoms with Gasteiger partial charge in [-0.3, -0.25) is 9.78 Å². The Morgan fingerprint density at radius 3 is 2.33 bits per heavy atom. The number of benzene rings is 2. The third-order valence-corrected chi connectivity index (χ3v) is 8.60. The number of carbonyl (C=O) groups is 1. The smallest absolute Gasteiger partial charge is 0.243 e. The number of sulfonamides is 1. The summed E-state index contributed by atoms with van der Waals surface area (Å²) >= 11 is 0. The van der Waals surface area contributed by atoms with Gasteiger partial charge in [-0.25, -0.2) is 8.42 Å². The number of piperidine rings is 1. The summed E-state index contributed by atoms with van der Waals surface area (Å²) < 4.78 is 27.7. The number of anilines is 1. The molecule has 1 amide bonds. The van der Waals surface area contributed by atoms with Crippen molar-refractivity contribution < 1.29 is 13.2 Å². The highest BCUT2D eigenvalue weighted by atomic mass is 32.2. The predicted octanol–water partition coefficient (Wildman–Crippen LogP) is 2.98. The van der Waals surface area contributed by atoms with E-state index in [1.807, 2.05) is 59.8 Å². The second kappa shape index (κ2) is 9.11. The zero-order valence-corrected chi connectivity index (χ0v) is 19.3. The molecule has 0 spiro atoms. The maximum Gasteiger partial charge on any atom is 0.243 e. The number of piperazine rings is 1. The van der Waals surface area contributed by atoms with Crippen molar-refractivity contribution in [1.29, 1.82) is 0 Å². The Morgan fingerprint density at radius 2 is 1.61 bits per heavy atom. The molecule has 33 heavy (non-hydrogen) atoms. The molecule has 0 saturated carbocycles. The van der Waals surface area contributed by atoms with Crippen LogP contribution in [0.3, 0.4) is 0 Å². The summed E-state index contributed by atoms with van der Waals surface area (Å²) in [5.41, 5.74) is 1.19. The third-order valence-electron chi connectivity index (χ3n) is 6.76. The molecule has 0 bridgehead atoms. The molecule has 5 rings (SSSR count). The average molecular weight is 465 g/mol. The normalized spacial score (nSPS) is 18.7. The maximum atomic E-state index is 13.2. The summed E-state index contributed by atoms with van der Waals surface area (Å²) in [6.07, 6.45) is 5.66. The predicted molar refractivity (Wildman–Crippen MR) is 128 cm³/mol. The van der Waals surface area contributed by atoms with E-state index in [0.29, 0.717) is 25.6 Å². The lowest BCUT2D eigenvalue weighted by molar-refractivity contribution is -0.134. The average Bonchev–Trinajstić information content (AvgIpc) is 2.86. The number of hydrogen-bond acceptors (Lipinski definition) is 5. The molecule has 2 aliphatic rings. The van der Waals surface area contributed by atoms with Crippen LogP contribution in [-0.2, 0) is 14.8 Å². The van der Waals surface area contributed by atoms with Crippen LogP contribution in [-0.4, -0.2) is 67.8 Å². The number of carbonyl (C=O) groups excluding carboxylic acids is 1. The molecule has 3 heterocycles. The second-order valence-electron chi connectivity index (χ2n) is 8.82. The van der Waals surface area contributed by atoms with Gasteiger partial charge in [-0.15, -0.1) is 0 Å². The first kappa shape index (κ1) is 21.9. The van der Waals surface area contributed by atoms with Crippen molar-refractivity contribution in [2.75, 3.05) is 44.2 Å². The van der Waals surface area contributed by atoms with E-state index in [2.05, 4.69) is 9.88 Å². The minimum atomic E-state index is -3.71. The van der Waals surface area contributed by atoms with Gasteiger partial charge in [0, 0.05) is 50.8 Å². The van der Waals surface area contributed by atoms with Gasteiger partial charge in [-0.1, -0.05) is 30.3 Å². The van der Waals surface area contributed by atoms with Crippen molar-refractivity contribution in [2.24, 2.45) is 5.92 Å². The Balaban J connectivity index is 1.19. The summed E-state index contributed by atoms with van der Waals surface area (Å²) in [4.78, 5) is 21.4. The molecule has 0 aliphatic carbocycles. The molecule has 0 atom stereocenters. The highest BCUT2D eigenvalue weighted by molar-refractivity contribution is 7.89. The fourth-order valence-electron chi connectivity index (χ4n) is 4.80. The molecule has 1 aromatic heterocycles. The molecule has 2 aliphatic heterocycles. The molecular formula is C25H28N4O3S. The molecule has 7 nitrogen and oxygen atoms in total. The van der Waals surface area contributed by atoms with Gasteiger partial charge in [0.15, 0.2) is 0 Å². The lowest BCUT2D eigenvalue weighted by Crippen LogP contribution is -2.53. The first-order chi connectivity index (χ1) is 16.0. The van der Waals surface area contributed by atoms with Crippen molar-refractivity contribution in [3.63, 3.8) is 0 Å². The molecule has 0 radical (unpaired) electrons. The van der Waals surface area contributed by atoms with Crippen molar-refractivity contribution in [3.8, 4) is 0 Å². The van der Waals surface area contributed by atoms with E-state index in [0.717, 1.165) is 36.7 Å². The zero-order chi connectivity index (χ0) is 22.8. The maximum absolute atomic E-state index is 13.2. The molecule has 0 unspecified atom stereocenters. The second-order valence-corrected chi connectivity index (χ2v) is 10.8. The van der Waals surface area contributed by atoms with Gasteiger partial charge < -0.3 is 9.80 Å². The van der Waals surface area contributed by atoms with Crippen LogP contribution >= 0.6 is 0 Å². The van der Waals surface area contributed by atoms with Crippen LogP contribution < -0.4 is 4.90 Å². The van der Waals surface area contributed by atoms with E-state index in [9.17, 15) is 13.2 Å². The molecular weight excluding hydrogens is 436 g/mol. The van der Waals surface area contributed by atoms with Gasteiger partial charge in [0.2, 0.25) is 15.9 Å². The van der Waals surface area contributed by atoms with Gasteiger partial charge in [0.1, 0.15) is 0 Å². The molecule has 8 heteroatoms. The van der Waals surface area contributed by atoms with Gasteiger partial charge in [0.05, 0.1) is 11.4 Å². The minimum Gasteiger partial charge on any atom is -0.371 e. The summed E-state index contributed by atoms with van der Waals surface area (Å²) in [6, 6.07) is 16.9. The highest BCUT2D eigenvalue weighted by Gasteiger charge is 2.34. The Morgan fingerprint density at radius 1 is 0.879 bits per heavy atom. The first-order valence-corrected chi connectivity index (χ1v) is 12.9.